The molecule has 0 aromatic heterocycles. The largest absolute Gasteiger partial charge is 0.508 e. The van der Waals surface area contributed by atoms with Crippen molar-refractivity contribution in [3.63, 3.8) is 0 Å². The number of aliphatic carboxylic acids is 1. The maximum Gasteiger partial charge on any atom is 0.303 e. The fourth-order valence-electron chi connectivity index (χ4n) is 1.18. The first-order valence-corrected chi connectivity index (χ1v) is 4.32. The van der Waals surface area contributed by atoms with Crippen molar-refractivity contribution in [3.8, 4) is 5.75 Å². The Morgan fingerprint density at radius 2 is 2.07 bits per heavy atom. The zero-order chi connectivity index (χ0) is 11.4. The summed E-state index contributed by atoms with van der Waals surface area (Å²) in [5.41, 5.74) is 0.0170. The van der Waals surface area contributed by atoms with Crippen LogP contribution >= 0.6 is 0 Å². The molecule has 0 atom stereocenters. The lowest BCUT2D eigenvalue weighted by atomic mass is 10.1. The van der Waals surface area contributed by atoms with E-state index in [0.29, 0.717) is 0 Å². The standard InChI is InChI=1S/C10H10F2O3/c11-10(12)7-1-3-8(13)6(5-7)2-4-9(14)15/h1,3,5,10,13H,2,4H2,(H,14,15). The van der Waals surface area contributed by atoms with Crippen LogP contribution in [-0.4, -0.2) is 16.2 Å². The van der Waals surface area contributed by atoms with Crippen LogP contribution in [0, 0.1) is 0 Å². The topological polar surface area (TPSA) is 57.5 Å². The molecule has 82 valence electrons. The second-order valence-corrected chi connectivity index (χ2v) is 3.08. The number of rotatable bonds is 4. The zero-order valence-electron chi connectivity index (χ0n) is 7.78. The molecule has 1 aromatic rings. The molecule has 0 saturated heterocycles. The quantitative estimate of drug-likeness (QED) is 0.812. The van der Waals surface area contributed by atoms with Crippen molar-refractivity contribution in [2.75, 3.05) is 0 Å². The van der Waals surface area contributed by atoms with Gasteiger partial charge in [0.15, 0.2) is 0 Å². The van der Waals surface area contributed by atoms with Crippen molar-refractivity contribution in [2.24, 2.45) is 0 Å². The normalized spacial score (nSPS) is 10.6. The molecule has 1 rings (SSSR count). The summed E-state index contributed by atoms with van der Waals surface area (Å²) >= 11 is 0. The minimum absolute atomic E-state index is 0.0434. The Kier molecular flexibility index (Phi) is 3.60. The monoisotopic (exact) mass is 216 g/mol. The molecule has 15 heavy (non-hydrogen) atoms. The third-order valence-electron chi connectivity index (χ3n) is 1.96. The minimum atomic E-state index is -2.62. The molecular formula is C10H10F2O3. The van der Waals surface area contributed by atoms with E-state index in [9.17, 15) is 18.7 Å². The fourth-order valence-corrected chi connectivity index (χ4v) is 1.18. The molecule has 0 fully saturated rings. The van der Waals surface area contributed by atoms with Crippen LogP contribution in [0.15, 0.2) is 18.2 Å². The van der Waals surface area contributed by atoms with Crippen LogP contribution in [0.3, 0.4) is 0 Å². The van der Waals surface area contributed by atoms with E-state index in [2.05, 4.69) is 0 Å². The van der Waals surface area contributed by atoms with Crippen molar-refractivity contribution in [3.05, 3.63) is 29.3 Å². The van der Waals surface area contributed by atoms with Crippen LogP contribution in [0.1, 0.15) is 24.0 Å². The van der Waals surface area contributed by atoms with Gasteiger partial charge in [-0.25, -0.2) is 8.78 Å². The van der Waals surface area contributed by atoms with Crippen LogP contribution in [0.4, 0.5) is 8.78 Å². The van der Waals surface area contributed by atoms with Gasteiger partial charge in [-0.15, -0.1) is 0 Å². The van der Waals surface area contributed by atoms with Gasteiger partial charge < -0.3 is 10.2 Å². The molecule has 0 unspecified atom stereocenters. The summed E-state index contributed by atoms with van der Waals surface area (Å²) in [5.74, 6) is -1.18. The molecule has 1 aromatic carbocycles. The smallest absolute Gasteiger partial charge is 0.303 e. The lowest BCUT2D eigenvalue weighted by Gasteiger charge is -2.05. The zero-order valence-corrected chi connectivity index (χ0v) is 7.78. The Morgan fingerprint density at radius 1 is 1.40 bits per heavy atom. The van der Waals surface area contributed by atoms with Crippen molar-refractivity contribution < 1.29 is 23.8 Å². The summed E-state index contributed by atoms with van der Waals surface area (Å²) < 4.78 is 24.6. The van der Waals surface area contributed by atoms with Gasteiger partial charge in [-0.05, 0) is 30.2 Å². The van der Waals surface area contributed by atoms with Gasteiger partial charge in [-0.3, -0.25) is 4.79 Å². The van der Waals surface area contributed by atoms with Gasteiger partial charge in [0.25, 0.3) is 6.43 Å². The summed E-state index contributed by atoms with van der Waals surface area (Å²) in [7, 11) is 0. The number of phenolic OH excluding ortho intramolecular Hbond substituents is 1. The number of hydrogen-bond acceptors (Lipinski definition) is 2. The molecule has 0 amide bonds. The van der Waals surface area contributed by atoms with Crippen molar-refractivity contribution >= 4 is 5.97 Å². The van der Waals surface area contributed by atoms with E-state index < -0.39 is 12.4 Å². The fraction of sp³-hybridized carbons (Fsp3) is 0.300. The summed E-state index contributed by atoms with van der Waals surface area (Å²) in [6, 6.07) is 3.39. The van der Waals surface area contributed by atoms with Crippen LogP contribution in [0.5, 0.6) is 5.75 Å². The second kappa shape index (κ2) is 4.72. The number of benzene rings is 1. The van der Waals surface area contributed by atoms with E-state index in [1.54, 1.807) is 0 Å². The molecule has 5 heteroatoms. The van der Waals surface area contributed by atoms with Crippen molar-refractivity contribution in [1.82, 2.24) is 0 Å². The Morgan fingerprint density at radius 3 is 2.60 bits per heavy atom. The average molecular weight is 216 g/mol. The molecule has 0 saturated carbocycles. The number of carboxylic acids is 1. The predicted octanol–water partition coefficient (Wildman–Crippen LogP) is 2.35. The van der Waals surface area contributed by atoms with Crippen LogP contribution in [0.25, 0.3) is 0 Å². The van der Waals surface area contributed by atoms with E-state index in [1.165, 1.54) is 0 Å². The van der Waals surface area contributed by atoms with E-state index in [1.807, 2.05) is 0 Å². The summed E-state index contributed by atoms with van der Waals surface area (Å²) in [4.78, 5) is 10.3. The first kappa shape index (κ1) is 11.4. The van der Waals surface area contributed by atoms with Crippen LogP contribution < -0.4 is 0 Å². The molecule has 0 radical (unpaired) electrons. The van der Waals surface area contributed by atoms with E-state index in [0.717, 1.165) is 18.2 Å². The van der Waals surface area contributed by atoms with Gasteiger partial charge in [0, 0.05) is 12.0 Å². The highest BCUT2D eigenvalue weighted by Gasteiger charge is 2.11. The van der Waals surface area contributed by atoms with E-state index in [-0.39, 0.29) is 29.7 Å². The van der Waals surface area contributed by atoms with Gasteiger partial charge in [0.1, 0.15) is 5.75 Å². The first-order chi connectivity index (χ1) is 7.00. The van der Waals surface area contributed by atoms with Crippen LogP contribution in [-0.2, 0) is 11.2 Å². The van der Waals surface area contributed by atoms with Gasteiger partial charge in [-0.1, -0.05) is 0 Å². The van der Waals surface area contributed by atoms with Crippen molar-refractivity contribution in [2.45, 2.75) is 19.3 Å². The molecule has 0 aliphatic heterocycles. The molecule has 0 heterocycles. The third-order valence-corrected chi connectivity index (χ3v) is 1.96. The molecule has 0 aliphatic rings. The summed E-state index contributed by atoms with van der Waals surface area (Å²) in [6.07, 6.45) is -2.77. The highest BCUT2D eigenvalue weighted by atomic mass is 19.3. The van der Waals surface area contributed by atoms with E-state index >= 15 is 0 Å². The average Bonchev–Trinajstić information content (AvgIpc) is 2.16. The molecular weight excluding hydrogens is 206 g/mol. The lowest BCUT2D eigenvalue weighted by Crippen LogP contribution is -1.98. The maximum atomic E-state index is 12.3. The van der Waals surface area contributed by atoms with Crippen molar-refractivity contribution in [1.29, 1.82) is 0 Å². The number of phenols is 1. The predicted molar refractivity (Wildman–Crippen MR) is 49.0 cm³/mol. The molecule has 0 aliphatic carbocycles. The molecule has 0 bridgehead atoms. The minimum Gasteiger partial charge on any atom is -0.508 e. The molecule has 0 spiro atoms. The Balaban J connectivity index is 2.85. The van der Waals surface area contributed by atoms with E-state index in [4.69, 9.17) is 5.11 Å². The lowest BCUT2D eigenvalue weighted by molar-refractivity contribution is -0.136. The summed E-state index contributed by atoms with van der Waals surface area (Å²) in [6.45, 7) is 0. The Bertz CT molecular complexity index is 364. The SMILES string of the molecule is O=C(O)CCc1cc(C(F)F)ccc1O. The number of carbonyl (C=O) groups is 1. The van der Waals surface area contributed by atoms with Gasteiger partial charge >= 0.3 is 5.97 Å². The maximum absolute atomic E-state index is 12.3. The third kappa shape index (κ3) is 3.19. The number of halogens is 2. The van der Waals surface area contributed by atoms with Gasteiger partial charge in [0.05, 0.1) is 0 Å². The second-order valence-electron chi connectivity index (χ2n) is 3.08. The number of aryl methyl sites for hydroxylation is 1. The summed E-state index contributed by atoms with van der Waals surface area (Å²) in [5, 5.41) is 17.7. The number of aromatic hydroxyl groups is 1. The number of alkyl halides is 2. The molecule has 3 nitrogen and oxygen atoms in total. The van der Waals surface area contributed by atoms with Gasteiger partial charge in [-0.2, -0.15) is 0 Å². The number of carboxylic acid groups (broad SMARTS) is 1. The number of hydrogen-bond donors (Lipinski definition) is 2. The molecule has 2 N–H and O–H groups in total. The Labute approximate surface area is 85.0 Å². The first-order valence-electron chi connectivity index (χ1n) is 4.32. The van der Waals surface area contributed by atoms with Gasteiger partial charge in [0.2, 0.25) is 0 Å². The Hall–Kier alpha value is -1.65. The highest BCUT2D eigenvalue weighted by Crippen LogP contribution is 2.25. The highest BCUT2D eigenvalue weighted by molar-refractivity contribution is 5.67. The van der Waals surface area contributed by atoms with Crippen LogP contribution in [0.2, 0.25) is 0 Å².